The lowest BCUT2D eigenvalue weighted by atomic mass is 10.3. The Hall–Kier alpha value is -1.33. The third-order valence-corrected chi connectivity index (χ3v) is 3.13. The van der Waals surface area contributed by atoms with Crippen LogP contribution in [0.1, 0.15) is 5.56 Å². The summed E-state index contributed by atoms with van der Waals surface area (Å²) in [5.41, 5.74) is 7.81. The van der Waals surface area contributed by atoms with Crippen LogP contribution in [0.2, 0.25) is 0 Å². The van der Waals surface area contributed by atoms with Crippen molar-refractivity contribution in [2.24, 2.45) is 7.05 Å². The Balaban J connectivity index is 2.28. The number of hydrogen-bond donors (Lipinski definition) is 1. The molecular formula is C10H13N3OS. The molecule has 2 N–H and O–H groups in total. The van der Waals surface area contributed by atoms with Gasteiger partial charge in [0, 0.05) is 20.2 Å². The Labute approximate surface area is 92.3 Å². The average molecular weight is 223 g/mol. The third kappa shape index (κ3) is 2.03. The number of methoxy groups -OCH3 is 1. The molecule has 0 bridgehead atoms. The topological polar surface area (TPSA) is 53.1 Å². The van der Waals surface area contributed by atoms with Crippen molar-refractivity contribution >= 4 is 17.2 Å². The zero-order chi connectivity index (χ0) is 10.8. The van der Waals surface area contributed by atoms with Gasteiger partial charge in [0.1, 0.15) is 11.5 Å². The van der Waals surface area contributed by atoms with E-state index in [0.29, 0.717) is 12.4 Å². The molecule has 15 heavy (non-hydrogen) atoms. The smallest absolute Gasteiger partial charge is 0.121 e. The largest absolute Gasteiger partial charge is 0.384 e. The summed E-state index contributed by atoms with van der Waals surface area (Å²) >= 11 is 1.65. The molecule has 0 aromatic carbocycles. The second kappa shape index (κ2) is 4.04. The fourth-order valence-electron chi connectivity index (χ4n) is 1.35. The van der Waals surface area contributed by atoms with Crippen LogP contribution in [0.3, 0.4) is 0 Å². The van der Waals surface area contributed by atoms with Gasteiger partial charge >= 0.3 is 0 Å². The minimum Gasteiger partial charge on any atom is -0.384 e. The second-order valence-electron chi connectivity index (χ2n) is 3.33. The first-order valence-corrected chi connectivity index (χ1v) is 5.45. The summed E-state index contributed by atoms with van der Waals surface area (Å²) in [6, 6.07) is 3.96. The number of nitrogens with two attached hydrogens (primary N) is 1. The van der Waals surface area contributed by atoms with E-state index in [1.807, 2.05) is 13.1 Å². The Morgan fingerprint density at radius 1 is 1.53 bits per heavy atom. The summed E-state index contributed by atoms with van der Waals surface area (Å²) in [6.07, 6.45) is 0. The fraction of sp³-hybridized carbons (Fsp3) is 0.300. The molecule has 0 aliphatic heterocycles. The standard InChI is InChI=1S/C10H13N3OS/c1-13-10(11)4-8(12-13)9-3-7(5-14-2)6-15-9/h3-4,6H,5,11H2,1-2H3. The van der Waals surface area contributed by atoms with Gasteiger partial charge in [0.2, 0.25) is 0 Å². The number of rotatable bonds is 3. The third-order valence-electron chi connectivity index (χ3n) is 2.13. The molecule has 2 aromatic heterocycles. The summed E-state index contributed by atoms with van der Waals surface area (Å²) in [7, 11) is 3.53. The van der Waals surface area contributed by atoms with Crippen LogP contribution >= 0.6 is 11.3 Å². The van der Waals surface area contributed by atoms with E-state index in [1.165, 1.54) is 5.56 Å². The predicted octanol–water partition coefficient (Wildman–Crippen LogP) is 1.88. The lowest BCUT2D eigenvalue weighted by Crippen LogP contribution is -1.96. The zero-order valence-corrected chi connectivity index (χ0v) is 9.54. The molecule has 0 atom stereocenters. The molecule has 0 fully saturated rings. The summed E-state index contributed by atoms with van der Waals surface area (Å²) in [4.78, 5) is 1.12. The number of nitrogen functional groups attached to an aromatic ring is 1. The van der Waals surface area contributed by atoms with Gasteiger partial charge in [0.25, 0.3) is 0 Å². The van der Waals surface area contributed by atoms with Crippen molar-refractivity contribution in [2.75, 3.05) is 12.8 Å². The number of nitrogens with zero attached hydrogens (tertiary/aromatic N) is 2. The van der Waals surface area contributed by atoms with E-state index in [4.69, 9.17) is 10.5 Å². The highest BCUT2D eigenvalue weighted by molar-refractivity contribution is 7.13. The van der Waals surface area contributed by atoms with Gasteiger partial charge in [0.15, 0.2) is 0 Å². The first-order valence-electron chi connectivity index (χ1n) is 4.57. The molecule has 2 aromatic rings. The Morgan fingerprint density at radius 2 is 2.33 bits per heavy atom. The average Bonchev–Trinajstić information content (AvgIpc) is 2.76. The number of aromatic nitrogens is 2. The molecule has 0 spiro atoms. The molecular weight excluding hydrogens is 210 g/mol. The molecule has 2 rings (SSSR count). The van der Waals surface area contributed by atoms with Crippen molar-refractivity contribution in [3.05, 3.63) is 23.1 Å². The molecule has 0 aliphatic rings. The Morgan fingerprint density at radius 3 is 2.93 bits per heavy atom. The highest BCUT2D eigenvalue weighted by Crippen LogP contribution is 2.27. The van der Waals surface area contributed by atoms with Crippen molar-refractivity contribution in [2.45, 2.75) is 6.61 Å². The minimum absolute atomic E-state index is 0.638. The van der Waals surface area contributed by atoms with E-state index in [-0.39, 0.29) is 0 Å². The molecule has 0 amide bonds. The van der Waals surface area contributed by atoms with Gasteiger partial charge in [-0.25, -0.2) is 0 Å². The molecule has 4 nitrogen and oxygen atoms in total. The van der Waals surface area contributed by atoms with E-state index < -0.39 is 0 Å². The van der Waals surface area contributed by atoms with Crippen molar-refractivity contribution in [3.63, 3.8) is 0 Å². The van der Waals surface area contributed by atoms with Gasteiger partial charge in [-0.15, -0.1) is 11.3 Å². The van der Waals surface area contributed by atoms with E-state index in [0.717, 1.165) is 10.6 Å². The van der Waals surface area contributed by atoms with Crippen LogP contribution in [-0.2, 0) is 18.4 Å². The molecule has 0 radical (unpaired) electrons. The molecule has 80 valence electrons. The van der Waals surface area contributed by atoms with Crippen molar-refractivity contribution in [1.29, 1.82) is 0 Å². The van der Waals surface area contributed by atoms with Gasteiger partial charge in [-0.05, 0) is 17.0 Å². The maximum Gasteiger partial charge on any atom is 0.121 e. The summed E-state index contributed by atoms with van der Waals surface area (Å²) in [6.45, 7) is 0.638. The van der Waals surface area contributed by atoms with Crippen LogP contribution in [0, 0.1) is 0 Å². The molecule has 0 saturated heterocycles. The Bertz CT molecular complexity index is 441. The normalized spacial score (nSPS) is 10.8. The van der Waals surface area contributed by atoms with Crippen molar-refractivity contribution in [3.8, 4) is 10.6 Å². The zero-order valence-electron chi connectivity index (χ0n) is 8.73. The lowest BCUT2D eigenvalue weighted by molar-refractivity contribution is 0.185. The summed E-state index contributed by atoms with van der Waals surface area (Å²) < 4.78 is 6.73. The predicted molar refractivity (Wildman–Crippen MR) is 61.6 cm³/mol. The second-order valence-corrected chi connectivity index (χ2v) is 4.24. The summed E-state index contributed by atoms with van der Waals surface area (Å²) in [5.74, 6) is 0.673. The van der Waals surface area contributed by atoms with Crippen LogP contribution in [0.25, 0.3) is 10.6 Å². The van der Waals surface area contributed by atoms with E-state index in [1.54, 1.807) is 23.1 Å². The van der Waals surface area contributed by atoms with Gasteiger partial charge in [0.05, 0.1) is 11.5 Å². The highest BCUT2D eigenvalue weighted by Gasteiger charge is 2.07. The van der Waals surface area contributed by atoms with Crippen LogP contribution in [0.4, 0.5) is 5.82 Å². The van der Waals surface area contributed by atoms with Crippen LogP contribution in [0.5, 0.6) is 0 Å². The summed E-state index contributed by atoms with van der Waals surface area (Å²) in [5, 5.41) is 6.39. The number of hydrogen-bond acceptors (Lipinski definition) is 4. The maximum atomic E-state index is 5.72. The molecule has 0 saturated carbocycles. The highest BCUT2D eigenvalue weighted by atomic mass is 32.1. The maximum absolute atomic E-state index is 5.72. The van der Waals surface area contributed by atoms with Crippen LogP contribution in [0.15, 0.2) is 17.5 Å². The number of aryl methyl sites for hydroxylation is 1. The van der Waals surface area contributed by atoms with Crippen LogP contribution < -0.4 is 5.73 Å². The van der Waals surface area contributed by atoms with Gasteiger partial charge in [-0.2, -0.15) is 5.10 Å². The number of thiophene rings is 1. The molecule has 2 heterocycles. The first kappa shape index (κ1) is 10.2. The molecule has 0 unspecified atom stereocenters. The lowest BCUT2D eigenvalue weighted by Gasteiger charge is -1.91. The Kier molecular flexibility index (Phi) is 2.75. The van der Waals surface area contributed by atoms with Crippen LogP contribution in [-0.4, -0.2) is 16.9 Å². The fourth-order valence-corrected chi connectivity index (χ4v) is 2.21. The molecule has 0 aliphatic carbocycles. The van der Waals surface area contributed by atoms with Crippen molar-refractivity contribution in [1.82, 2.24) is 9.78 Å². The van der Waals surface area contributed by atoms with Gasteiger partial charge < -0.3 is 10.5 Å². The monoisotopic (exact) mass is 223 g/mol. The van der Waals surface area contributed by atoms with Crippen molar-refractivity contribution < 1.29 is 4.74 Å². The number of ether oxygens (including phenoxy) is 1. The van der Waals surface area contributed by atoms with Gasteiger partial charge in [-0.1, -0.05) is 0 Å². The van der Waals surface area contributed by atoms with E-state index >= 15 is 0 Å². The van der Waals surface area contributed by atoms with E-state index in [2.05, 4.69) is 16.5 Å². The first-order chi connectivity index (χ1) is 7.20. The molecule has 5 heteroatoms. The van der Waals surface area contributed by atoms with E-state index in [9.17, 15) is 0 Å². The number of anilines is 1. The quantitative estimate of drug-likeness (QED) is 0.864. The minimum atomic E-state index is 0.638. The SMILES string of the molecule is COCc1csc(-c2cc(N)n(C)n2)c1. The van der Waals surface area contributed by atoms with Gasteiger partial charge in [-0.3, -0.25) is 4.68 Å².